The number of H-pyrrole nitrogens is 1. The van der Waals surface area contributed by atoms with E-state index in [2.05, 4.69) is 50.3 Å². The van der Waals surface area contributed by atoms with Crippen LogP contribution < -0.4 is 5.32 Å². The Morgan fingerprint density at radius 2 is 2.29 bits per heavy atom. The molecule has 0 aliphatic carbocycles. The third kappa shape index (κ3) is 1.67. The minimum Gasteiger partial charge on any atom is -0.341 e. The molecule has 0 aliphatic heterocycles. The molecule has 0 aliphatic rings. The standard InChI is InChI=1S/C10H12BrN3/c1-6-3-7(11)10-8(4-6)13-9(14-10)5-12-2/h3-4,12H,5H2,1-2H3,(H,13,14). The summed E-state index contributed by atoms with van der Waals surface area (Å²) in [6, 6.07) is 4.18. The maximum Gasteiger partial charge on any atom is 0.121 e. The summed E-state index contributed by atoms with van der Waals surface area (Å²) in [5.74, 6) is 0.966. The number of nitrogens with zero attached hydrogens (tertiary/aromatic N) is 1. The molecule has 4 heteroatoms. The van der Waals surface area contributed by atoms with Crippen LogP contribution in [-0.4, -0.2) is 17.0 Å². The number of benzene rings is 1. The Balaban J connectivity index is 2.58. The van der Waals surface area contributed by atoms with E-state index in [1.165, 1.54) is 5.56 Å². The lowest BCUT2D eigenvalue weighted by molar-refractivity contribution is 0.775. The number of aryl methyl sites for hydroxylation is 1. The molecule has 0 radical (unpaired) electrons. The van der Waals surface area contributed by atoms with Crippen molar-refractivity contribution < 1.29 is 0 Å². The lowest BCUT2D eigenvalue weighted by Crippen LogP contribution is -2.06. The summed E-state index contributed by atoms with van der Waals surface area (Å²) < 4.78 is 1.05. The normalized spacial score (nSPS) is 11.1. The number of nitrogens with one attached hydrogen (secondary N) is 2. The largest absolute Gasteiger partial charge is 0.341 e. The number of fused-ring (bicyclic) bond motifs is 1. The van der Waals surface area contributed by atoms with E-state index in [0.29, 0.717) is 0 Å². The molecule has 14 heavy (non-hydrogen) atoms. The van der Waals surface area contributed by atoms with Crippen molar-refractivity contribution in [3.8, 4) is 0 Å². The highest BCUT2D eigenvalue weighted by Crippen LogP contribution is 2.23. The van der Waals surface area contributed by atoms with Gasteiger partial charge >= 0.3 is 0 Å². The SMILES string of the molecule is CNCc1nc2c(Br)cc(C)cc2[nH]1. The van der Waals surface area contributed by atoms with Crippen molar-refractivity contribution in [2.45, 2.75) is 13.5 Å². The second kappa shape index (κ2) is 3.71. The number of rotatable bonds is 2. The topological polar surface area (TPSA) is 40.7 Å². The van der Waals surface area contributed by atoms with Gasteiger partial charge in [-0.1, -0.05) is 0 Å². The highest BCUT2D eigenvalue weighted by Gasteiger charge is 2.05. The summed E-state index contributed by atoms with van der Waals surface area (Å²) in [6.07, 6.45) is 0. The Bertz CT molecular complexity index is 462. The average molecular weight is 254 g/mol. The third-order valence-corrected chi connectivity index (χ3v) is 2.68. The minimum atomic E-state index is 0.764. The second-order valence-electron chi connectivity index (χ2n) is 3.36. The van der Waals surface area contributed by atoms with E-state index in [-0.39, 0.29) is 0 Å². The van der Waals surface area contributed by atoms with Gasteiger partial charge < -0.3 is 10.3 Å². The molecule has 0 fully saturated rings. The van der Waals surface area contributed by atoms with Gasteiger partial charge in [-0.3, -0.25) is 0 Å². The van der Waals surface area contributed by atoms with Crippen molar-refractivity contribution in [1.82, 2.24) is 15.3 Å². The predicted octanol–water partition coefficient (Wildman–Crippen LogP) is 2.35. The van der Waals surface area contributed by atoms with Crippen LogP contribution in [-0.2, 0) is 6.54 Å². The van der Waals surface area contributed by atoms with Crippen LogP contribution in [0.1, 0.15) is 11.4 Å². The number of aromatic nitrogens is 2. The Morgan fingerprint density at radius 3 is 3.00 bits per heavy atom. The summed E-state index contributed by atoms with van der Waals surface area (Å²) in [5.41, 5.74) is 3.31. The molecule has 0 amide bonds. The van der Waals surface area contributed by atoms with Gasteiger partial charge in [0.1, 0.15) is 11.3 Å². The molecule has 0 spiro atoms. The van der Waals surface area contributed by atoms with E-state index in [1.54, 1.807) is 0 Å². The zero-order valence-electron chi connectivity index (χ0n) is 8.19. The van der Waals surface area contributed by atoms with Gasteiger partial charge in [0.05, 0.1) is 12.1 Å². The quantitative estimate of drug-likeness (QED) is 0.863. The summed E-state index contributed by atoms with van der Waals surface area (Å²) in [6.45, 7) is 2.84. The van der Waals surface area contributed by atoms with Crippen LogP contribution in [0.5, 0.6) is 0 Å². The predicted molar refractivity (Wildman–Crippen MR) is 61.3 cm³/mol. The molecule has 1 aromatic heterocycles. The zero-order valence-corrected chi connectivity index (χ0v) is 9.77. The molecule has 1 aromatic carbocycles. The van der Waals surface area contributed by atoms with Crippen molar-refractivity contribution in [3.63, 3.8) is 0 Å². The van der Waals surface area contributed by atoms with E-state index >= 15 is 0 Å². The number of hydrogen-bond donors (Lipinski definition) is 2. The van der Waals surface area contributed by atoms with Crippen LogP contribution in [0.4, 0.5) is 0 Å². The third-order valence-electron chi connectivity index (χ3n) is 2.08. The monoisotopic (exact) mass is 253 g/mol. The summed E-state index contributed by atoms with van der Waals surface area (Å²) in [5, 5.41) is 3.07. The van der Waals surface area contributed by atoms with Crippen LogP contribution in [0.2, 0.25) is 0 Å². The minimum absolute atomic E-state index is 0.764. The fraction of sp³-hybridized carbons (Fsp3) is 0.300. The van der Waals surface area contributed by atoms with Gasteiger partial charge in [0.2, 0.25) is 0 Å². The van der Waals surface area contributed by atoms with Gasteiger partial charge in [0, 0.05) is 4.47 Å². The maximum atomic E-state index is 4.48. The van der Waals surface area contributed by atoms with Crippen molar-refractivity contribution in [3.05, 3.63) is 28.0 Å². The molecular formula is C10H12BrN3. The fourth-order valence-corrected chi connectivity index (χ4v) is 2.18. The van der Waals surface area contributed by atoms with Crippen molar-refractivity contribution >= 4 is 27.0 Å². The molecule has 2 N–H and O–H groups in total. The van der Waals surface area contributed by atoms with Crippen LogP contribution in [0.3, 0.4) is 0 Å². The smallest absolute Gasteiger partial charge is 0.121 e. The van der Waals surface area contributed by atoms with E-state index in [9.17, 15) is 0 Å². The fourth-order valence-electron chi connectivity index (χ4n) is 1.51. The first-order valence-electron chi connectivity index (χ1n) is 4.50. The van der Waals surface area contributed by atoms with Crippen molar-refractivity contribution in [2.75, 3.05) is 7.05 Å². The molecule has 2 rings (SSSR count). The molecule has 2 aromatic rings. The molecular weight excluding hydrogens is 242 g/mol. The van der Waals surface area contributed by atoms with Gasteiger partial charge in [0.15, 0.2) is 0 Å². The highest BCUT2D eigenvalue weighted by atomic mass is 79.9. The molecule has 0 unspecified atom stereocenters. The number of imidazole rings is 1. The number of hydrogen-bond acceptors (Lipinski definition) is 2. The lowest BCUT2D eigenvalue weighted by atomic mass is 10.2. The Hall–Kier alpha value is -0.870. The molecule has 1 heterocycles. The molecule has 0 bridgehead atoms. The molecule has 0 saturated carbocycles. The molecule has 74 valence electrons. The van der Waals surface area contributed by atoms with Crippen molar-refractivity contribution in [2.24, 2.45) is 0 Å². The summed E-state index contributed by atoms with van der Waals surface area (Å²) >= 11 is 3.51. The number of halogens is 1. The van der Waals surface area contributed by atoms with Gasteiger partial charge in [-0.2, -0.15) is 0 Å². The average Bonchev–Trinajstić information content (AvgIpc) is 2.48. The highest BCUT2D eigenvalue weighted by molar-refractivity contribution is 9.10. The zero-order chi connectivity index (χ0) is 10.1. The first-order valence-corrected chi connectivity index (χ1v) is 5.29. The molecule has 0 saturated heterocycles. The van der Waals surface area contributed by atoms with Crippen LogP contribution in [0, 0.1) is 6.92 Å². The summed E-state index contributed by atoms with van der Waals surface area (Å²) in [4.78, 5) is 7.75. The van der Waals surface area contributed by atoms with Gasteiger partial charge in [0.25, 0.3) is 0 Å². The van der Waals surface area contributed by atoms with Gasteiger partial charge in [-0.15, -0.1) is 0 Å². The van der Waals surface area contributed by atoms with Crippen LogP contribution in [0.25, 0.3) is 11.0 Å². The van der Waals surface area contributed by atoms with E-state index in [0.717, 1.165) is 27.9 Å². The lowest BCUT2D eigenvalue weighted by Gasteiger charge is -1.94. The second-order valence-corrected chi connectivity index (χ2v) is 4.21. The van der Waals surface area contributed by atoms with E-state index in [4.69, 9.17) is 0 Å². The Labute approximate surface area is 91.1 Å². The Morgan fingerprint density at radius 1 is 1.50 bits per heavy atom. The van der Waals surface area contributed by atoms with Crippen LogP contribution in [0.15, 0.2) is 16.6 Å². The van der Waals surface area contributed by atoms with Gasteiger partial charge in [-0.05, 0) is 47.6 Å². The first-order chi connectivity index (χ1) is 6.70. The van der Waals surface area contributed by atoms with Crippen LogP contribution >= 0.6 is 15.9 Å². The van der Waals surface area contributed by atoms with E-state index in [1.807, 2.05) is 7.05 Å². The summed E-state index contributed by atoms with van der Waals surface area (Å²) in [7, 11) is 1.91. The van der Waals surface area contributed by atoms with Crippen molar-refractivity contribution in [1.29, 1.82) is 0 Å². The Kier molecular flexibility index (Phi) is 2.56. The van der Waals surface area contributed by atoms with Gasteiger partial charge in [-0.25, -0.2) is 4.98 Å². The first kappa shape index (κ1) is 9.68. The van der Waals surface area contributed by atoms with E-state index < -0.39 is 0 Å². The number of aromatic amines is 1. The molecule has 3 nitrogen and oxygen atoms in total. The molecule has 0 atom stereocenters. The maximum absolute atomic E-state index is 4.48.